The highest BCUT2D eigenvalue weighted by atomic mass is 35.5. The summed E-state index contributed by atoms with van der Waals surface area (Å²) in [5, 5.41) is 5.27. The van der Waals surface area contributed by atoms with Crippen LogP contribution in [0, 0.1) is 6.92 Å². The van der Waals surface area contributed by atoms with Gasteiger partial charge in [-0.25, -0.2) is 4.98 Å². The van der Waals surface area contributed by atoms with Gasteiger partial charge in [-0.3, -0.25) is 4.79 Å². The molecular weight excluding hydrogens is 459 g/mol. The van der Waals surface area contributed by atoms with Gasteiger partial charge in [0.25, 0.3) is 11.7 Å². The van der Waals surface area contributed by atoms with Crippen LogP contribution in [0.4, 0.5) is 5.82 Å². The number of hydrogen-bond acceptors (Lipinski definition) is 5. The van der Waals surface area contributed by atoms with Gasteiger partial charge in [0.1, 0.15) is 12.1 Å². The predicted octanol–water partition coefficient (Wildman–Crippen LogP) is 4.29. The number of aryl methyl sites for hydroxylation is 1. The van der Waals surface area contributed by atoms with Crippen LogP contribution in [0.1, 0.15) is 27.2 Å². The molecule has 168 valence electrons. The maximum Gasteiger partial charge on any atom is 0.254 e. The number of aromatic nitrogens is 4. The average Bonchev–Trinajstić information content (AvgIpc) is 3.29. The minimum atomic E-state index is -0.0467. The first-order chi connectivity index (χ1) is 16.0. The van der Waals surface area contributed by atoms with E-state index >= 15 is 0 Å². The zero-order valence-electron chi connectivity index (χ0n) is 18.1. The molecule has 0 unspecified atom stereocenters. The second-order valence-corrected chi connectivity index (χ2v) is 8.86. The van der Waals surface area contributed by atoms with Crippen molar-refractivity contribution in [3.8, 4) is 0 Å². The Morgan fingerprint density at radius 3 is 2.48 bits per heavy atom. The van der Waals surface area contributed by atoms with Crippen molar-refractivity contribution in [1.82, 2.24) is 24.5 Å². The first-order valence-corrected chi connectivity index (χ1v) is 11.5. The lowest BCUT2D eigenvalue weighted by molar-refractivity contribution is 0.0746. The van der Waals surface area contributed by atoms with Gasteiger partial charge in [0.15, 0.2) is 0 Å². The molecule has 9 heteroatoms. The van der Waals surface area contributed by atoms with E-state index in [1.54, 1.807) is 18.2 Å². The van der Waals surface area contributed by atoms with E-state index in [9.17, 15) is 4.79 Å². The van der Waals surface area contributed by atoms with Gasteiger partial charge in [0.2, 0.25) is 0 Å². The fraction of sp³-hybridized carbons (Fsp3) is 0.250. The Kier molecular flexibility index (Phi) is 5.91. The summed E-state index contributed by atoms with van der Waals surface area (Å²) < 4.78 is 1.81. The number of rotatable bonds is 4. The Morgan fingerprint density at radius 2 is 1.76 bits per heavy atom. The van der Waals surface area contributed by atoms with Crippen LogP contribution in [0.3, 0.4) is 0 Å². The summed E-state index contributed by atoms with van der Waals surface area (Å²) in [4.78, 5) is 26.1. The van der Waals surface area contributed by atoms with Gasteiger partial charge in [0.05, 0.1) is 10.0 Å². The quantitative estimate of drug-likeness (QED) is 0.435. The molecule has 5 rings (SSSR count). The Bertz CT molecular complexity index is 1320. The van der Waals surface area contributed by atoms with Crippen molar-refractivity contribution in [2.75, 3.05) is 31.1 Å². The number of carbonyl (C=O) groups excluding carboxylic acids is 1. The highest BCUT2D eigenvalue weighted by Crippen LogP contribution is 2.28. The zero-order chi connectivity index (χ0) is 22.9. The molecule has 0 radical (unpaired) electrons. The van der Waals surface area contributed by atoms with Gasteiger partial charge in [0, 0.05) is 49.4 Å². The molecule has 0 spiro atoms. The largest absolute Gasteiger partial charge is 0.353 e. The maximum absolute atomic E-state index is 13.0. The molecule has 2 aromatic carbocycles. The van der Waals surface area contributed by atoms with E-state index in [4.69, 9.17) is 23.2 Å². The monoisotopic (exact) mass is 480 g/mol. The summed E-state index contributed by atoms with van der Waals surface area (Å²) in [7, 11) is 0. The smallest absolute Gasteiger partial charge is 0.254 e. The first kappa shape index (κ1) is 21.7. The van der Waals surface area contributed by atoms with Gasteiger partial charge in [-0.2, -0.15) is 14.6 Å². The van der Waals surface area contributed by atoms with Crippen LogP contribution in [0.25, 0.3) is 5.78 Å². The minimum absolute atomic E-state index is 0.0467. The van der Waals surface area contributed by atoms with E-state index in [0.29, 0.717) is 47.6 Å². The van der Waals surface area contributed by atoms with Gasteiger partial charge < -0.3 is 9.80 Å². The molecule has 0 N–H and O–H groups in total. The second-order valence-electron chi connectivity index (χ2n) is 8.04. The van der Waals surface area contributed by atoms with Crippen LogP contribution in [0.2, 0.25) is 10.0 Å². The van der Waals surface area contributed by atoms with E-state index in [-0.39, 0.29) is 5.91 Å². The van der Waals surface area contributed by atoms with Crippen molar-refractivity contribution in [3.05, 3.63) is 87.3 Å². The Balaban J connectivity index is 1.42. The van der Waals surface area contributed by atoms with E-state index < -0.39 is 0 Å². The molecule has 3 heterocycles. The normalized spacial score (nSPS) is 14.2. The third-order valence-electron chi connectivity index (χ3n) is 5.96. The van der Waals surface area contributed by atoms with Crippen LogP contribution in [0.5, 0.6) is 0 Å². The van der Waals surface area contributed by atoms with Gasteiger partial charge in [-0.05, 0) is 30.7 Å². The number of benzene rings is 2. The van der Waals surface area contributed by atoms with Gasteiger partial charge in [-0.15, -0.1) is 0 Å². The molecule has 0 aliphatic carbocycles. The summed E-state index contributed by atoms with van der Waals surface area (Å²) in [6, 6.07) is 15.3. The fourth-order valence-electron chi connectivity index (χ4n) is 4.23. The van der Waals surface area contributed by atoms with Crippen molar-refractivity contribution in [2.45, 2.75) is 13.3 Å². The molecule has 1 aliphatic heterocycles. The van der Waals surface area contributed by atoms with Crippen LogP contribution >= 0.6 is 23.2 Å². The number of fused-ring (bicyclic) bond motifs is 1. The van der Waals surface area contributed by atoms with Crippen molar-refractivity contribution in [1.29, 1.82) is 0 Å². The predicted molar refractivity (Wildman–Crippen MR) is 129 cm³/mol. The minimum Gasteiger partial charge on any atom is -0.353 e. The van der Waals surface area contributed by atoms with Crippen LogP contribution < -0.4 is 4.90 Å². The molecular formula is C24H22Cl2N6O. The number of halogens is 2. The summed E-state index contributed by atoms with van der Waals surface area (Å²) in [6.45, 7) is 4.53. The topological polar surface area (TPSA) is 66.6 Å². The number of nitrogens with zero attached hydrogens (tertiary/aromatic N) is 6. The number of amides is 1. The molecule has 0 bridgehead atoms. The second kappa shape index (κ2) is 9.00. The Hall–Kier alpha value is -3.16. The van der Waals surface area contributed by atoms with Crippen LogP contribution in [-0.2, 0) is 6.42 Å². The Labute approximate surface area is 201 Å². The highest BCUT2D eigenvalue weighted by Gasteiger charge is 2.27. The number of piperazine rings is 1. The molecule has 33 heavy (non-hydrogen) atoms. The lowest BCUT2D eigenvalue weighted by Gasteiger charge is -2.37. The lowest BCUT2D eigenvalue weighted by Crippen LogP contribution is -2.49. The molecule has 0 atom stereocenters. The van der Waals surface area contributed by atoms with Crippen LogP contribution in [-0.4, -0.2) is 56.6 Å². The van der Waals surface area contributed by atoms with E-state index in [2.05, 4.69) is 32.1 Å². The zero-order valence-corrected chi connectivity index (χ0v) is 19.6. The van der Waals surface area contributed by atoms with Gasteiger partial charge in [-0.1, -0.05) is 53.5 Å². The molecule has 7 nitrogen and oxygen atoms in total. The van der Waals surface area contributed by atoms with E-state index in [0.717, 1.165) is 23.5 Å². The summed E-state index contributed by atoms with van der Waals surface area (Å²) >= 11 is 12.1. The molecule has 1 amide bonds. The third kappa shape index (κ3) is 4.26. The third-order valence-corrected chi connectivity index (χ3v) is 6.70. The van der Waals surface area contributed by atoms with E-state index in [1.165, 1.54) is 11.9 Å². The molecule has 2 aromatic heterocycles. The summed E-state index contributed by atoms with van der Waals surface area (Å²) in [6.07, 6.45) is 2.27. The van der Waals surface area contributed by atoms with Crippen molar-refractivity contribution < 1.29 is 4.79 Å². The van der Waals surface area contributed by atoms with Crippen LogP contribution in [0.15, 0.2) is 54.9 Å². The average molecular weight is 481 g/mol. The highest BCUT2D eigenvalue weighted by molar-refractivity contribution is 6.42. The summed E-state index contributed by atoms with van der Waals surface area (Å²) in [5.41, 5.74) is 3.80. The number of anilines is 1. The van der Waals surface area contributed by atoms with Crippen molar-refractivity contribution in [3.63, 3.8) is 0 Å². The van der Waals surface area contributed by atoms with Gasteiger partial charge >= 0.3 is 0 Å². The van der Waals surface area contributed by atoms with Crippen molar-refractivity contribution >= 4 is 40.7 Å². The molecule has 4 aromatic rings. The SMILES string of the molecule is Cc1nc2ncnn2c(N2CCN(C(=O)c3ccc(Cl)c(Cl)c3)CC2)c1Cc1ccccc1. The molecule has 1 aliphatic rings. The molecule has 1 saturated heterocycles. The van der Waals surface area contributed by atoms with Crippen molar-refractivity contribution in [2.24, 2.45) is 0 Å². The molecule has 0 saturated carbocycles. The number of carbonyl (C=O) groups is 1. The fourth-order valence-corrected chi connectivity index (χ4v) is 4.53. The molecule has 1 fully saturated rings. The number of hydrogen-bond donors (Lipinski definition) is 0. The first-order valence-electron chi connectivity index (χ1n) is 10.7. The Morgan fingerprint density at radius 1 is 1.00 bits per heavy atom. The van der Waals surface area contributed by atoms with E-state index in [1.807, 2.05) is 34.5 Å². The lowest BCUT2D eigenvalue weighted by atomic mass is 10.0. The standard InChI is InChI=1S/C24H22Cl2N6O/c1-16-19(13-17-5-3-2-4-6-17)22(32-24(29-16)27-15-28-32)30-9-11-31(12-10-30)23(33)18-7-8-20(25)21(26)14-18/h2-8,14-15H,9-13H2,1H3. The summed E-state index contributed by atoms with van der Waals surface area (Å²) in [5.74, 6) is 1.52. The maximum atomic E-state index is 13.0.